The van der Waals surface area contributed by atoms with Gasteiger partial charge in [0.25, 0.3) is 0 Å². The van der Waals surface area contributed by atoms with Gasteiger partial charge in [0.1, 0.15) is 5.82 Å². The number of aromatic nitrogens is 1. The zero-order valence-corrected chi connectivity index (χ0v) is 20.2. The van der Waals surface area contributed by atoms with Gasteiger partial charge in [0.05, 0.1) is 36.4 Å². The average molecular weight is 480 g/mol. The lowest BCUT2D eigenvalue weighted by molar-refractivity contribution is -0.126. The molecule has 1 aromatic carbocycles. The Morgan fingerprint density at radius 1 is 1.33 bits per heavy atom. The number of halogens is 2. The van der Waals surface area contributed by atoms with Crippen molar-refractivity contribution < 1.29 is 18.7 Å². The maximum absolute atomic E-state index is 13.8. The smallest absolute Gasteiger partial charge is 0.211 e. The van der Waals surface area contributed by atoms with E-state index in [0.717, 1.165) is 38.8 Å². The minimum absolute atomic E-state index is 0.0828. The molecular weight excluding hydrogens is 449 g/mol. The van der Waals surface area contributed by atoms with Crippen molar-refractivity contribution >= 4 is 35.8 Å². The van der Waals surface area contributed by atoms with E-state index in [9.17, 15) is 14.0 Å². The fourth-order valence-corrected chi connectivity index (χ4v) is 3.78. The molecule has 33 heavy (non-hydrogen) atoms. The van der Waals surface area contributed by atoms with Crippen molar-refractivity contribution in [3.63, 3.8) is 0 Å². The first kappa shape index (κ1) is 26.5. The van der Waals surface area contributed by atoms with Crippen LogP contribution in [0.1, 0.15) is 20.8 Å². The van der Waals surface area contributed by atoms with Crippen molar-refractivity contribution in [1.29, 1.82) is 0 Å². The second-order valence-electron chi connectivity index (χ2n) is 8.06. The fraction of sp³-hybridized carbons (Fsp3) is 0.435. The monoisotopic (exact) mass is 479 g/mol. The molecule has 1 aliphatic rings. The number of amides is 2. The van der Waals surface area contributed by atoms with Crippen LogP contribution in [0.3, 0.4) is 0 Å². The summed E-state index contributed by atoms with van der Waals surface area (Å²) in [4.78, 5) is 29.0. The van der Waals surface area contributed by atoms with Gasteiger partial charge in [-0.1, -0.05) is 11.6 Å². The Balaban J connectivity index is 0.000000245. The Morgan fingerprint density at radius 3 is 2.67 bits per heavy atom. The normalized spacial score (nSPS) is 15.1. The molecular formula is C23H31ClFN5O3. The predicted octanol–water partition coefficient (Wildman–Crippen LogP) is 3.68. The molecule has 0 radical (unpaired) electrons. The number of benzene rings is 1. The maximum Gasteiger partial charge on any atom is 0.211 e. The number of carbonyl (C=O) groups excluding carboxylic acids is 2. The van der Waals surface area contributed by atoms with Gasteiger partial charge in [-0.3, -0.25) is 19.5 Å². The van der Waals surface area contributed by atoms with Crippen molar-refractivity contribution in [2.24, 2.45) is 0 Å². The standard InChI is InChI=1S/C13H11ClFN3O.C10H20N2O2/c1-16-13-10(9-2-3-17-6-11(9)15)4-8(14)5-12(13)18-7-19;1-4-11(9-13)8-12-5-6-14-10(2,3)7-12/h2-7,16H,1H3,(H,18,19);9H,4-8H2,1-3H3. The topological polar surface area (TPSA) is 86.8 Å². The van der Waals surface area contributed by atoms with Crippen LogP contribution >= 0.6 is 11.6 Å². The Labute approximate surface area is 199 Å². The number of hydrogen-bond acceptors (Lipinski definition) is 6. The van der Waals surface area contributed by atoms with Gasteiger partial charge in [-0.25, -0.2) is 4.39 Å². The highest BCUT2D eigenvalue weighted by atomic mass is 35.5. The molecule has 1 aliphatic heterocycles. The highest BCUT2D eigenvalue weighted by Gasteiger charge is 2.27. The minimum atomic E-state index is -0.460. The van der Waals surface area contributed by atoms with Crippen molar-refractivity contribution in [2.45, 2.75) is 26.4 Å². The largest absolute Gasteiger partial charge is 0.386 e. The first-order valence-electron chi connectivity index (χ1n) is 10.6. The van der Waals surface area contributed by atoms with Crippen molar-refractivity contribution in [1.82, 2.24) is 14.8 Å². The number of hydrogen-bond donors (Lipinski definition) is 2. The summed E-state index contributed by atoms with van der Waals surface area (Å²) in [6, 6.07) is 4.76. The van der Waals surface area contributed by atoms with E-state index in [0.29, 0.717) is 40.6 Å². The van der Waals surface area contributed by atoms with Crippen LogP contribution in [0.25, 0.3) is 11.1 Å². The molecule has 10 heteroatoms. The van der Waals surface area contributed by atoms with Gasteiger partial charge in [0.15, 0.2) is 0 Å². The Kier molecular flexibility index (Phi) is 10.0. The number of morpholine rings is 1. The van der Waals surface area contributed by atoms with Crippen LogP contribution in [-0.2, 0) is 14.3 Å². The van der Waals surface area contributed by atoms with E-state index in [2.05, 4.69) is 34.4 Å². The second kappa shape index (κ2) is 12.5. The summed E-state index contributed by atoms with van der Waals surface area (Å²) >= 11 is 6.00. The van der Waals surface area contributed by atoms with E-state index in [1.807, 2.05) is 6.92 Å². The number of nitrogens with zero attached hydrogens (tertiary/aromatic N) is 3. The summed E-state index contributed by atoms with van der Waals surface area (Å²) in [6.45, 7) is 10.2. The van der Waals surface area contributed by atoms with Crippen LogP contribution < -0.4 is 10.6 Å². The third kappa shape index (κ3) is 7.66. The molecule has 0 spiro atoms. The number of rotatable bonds is 8. The lowest BCUT2D eigenvalue weighted by atomic mass is 10.0. The Hall–Kier alpha value is -2.75. The third-order valence-electron chi connectivity index (χ3n) is 5.07. The Morgan fingerprint density at radius 2 is 2.09 bits per heavy atom. The van der Waals surface area contributed by atoms with Crippen LogP contribution in [0.2, 0.25) is 5.02 Å². The fourth-order valence-electron chi connectivity index (χ4n) is 3.56. The summed E-state index contributed by atoms with van der Waals surface area (Å²) in [5.74, 6) is -0.460. The van der Waals surface area contributed by atoms with Crippen LogP contribution in [0.5, 0.6) is 0 Å². The van der Waals surface area contributed by atoms with Gasteiger partial charge in [0, 0.05) is 49.0 Å². The molecule has 0 saturated carbocycles. The highest BCUT2D eigenvalue weighted by Crippen LogP contribution is 2.37. The Bertz CT molecular complexity index is 944. The summed E-state index contributed by atoms with van der Waals surface area (Å²) < 4.78 is 19.4. The molecule has 0 unspecified atom stereocenters. The molecule has 3 rings (SSSR count). The summed E-state index contributed by atoms with van der Waals surface area (Å²) in [6.07, 6.45) is 4.07. The molecule has 2 heterocycles. The van der Waals surface area contributed by atoms with E-state index in [1.165, 1.54) is 6.20 Å². The summed E-state index contributed by atoms with van der Waals surface area (Å²) in [7, 11) is 1.68. The van der Waals surface area contributed by atoms with Crippen molar-refractivity contribution in [2.75, 3.05) is 50.6 Å². The molecule has 1 aromatic heterocycles. The van der Waals surface area contributed by atoms with Crippen LogP contribution in [0, 0.1) is 5.82 Å². The first-order chi connectivity index (χ1) is 15.7. The molecule has 180 valence electrons. The summed E-state index contributed by atoms with van der Waals surface area (Å²) in [5, 5.41) is 5.86. The van der Waals surface area contributed by atoms with E-state index in [-0.39, 0.29) is 5.60 Å². The molecule has 1 fully saturated rings. The lowest BCUT2D eigenvalue weighted by Gasteiger charge is -2.39. The molecule has 0 atom stereocenters. The van der Waals surface area contributed by atoms with Gasteiger partial charge in [-0.2, -0.15) is 0 Å². The van der Waals surface area contributed by atoms with Crippen LogP contribution in [0.15, 0.2) is 30.6 Å². The lowest BCUT2D eigenvalue weighted by Crippen LogP contribution is -2.51. The molecule has 1 saturated heterocycles. The zero-order valence-electron chi connectivity index (χ0n) is 19.4. The minimum Gasteiger partial charge on any atom is -0.386 e. The molecule has 8 nitrogen and oxygen atoms in total. The number of pyridine rings is 1. The number of ether oxygens (including phenoxy) is 1. The van der Waals surface area contributed by atoms with Crippen LogP contribution in [-0.4, -0.2) is 73.2 Å². The zero-order chi connectivity index (χ0) is 24.4. The van der Waals surface area contributed by atoms with E-state index in [4.69, 9.17) is 16.3 Å². The van der Waals surface area contributed by atoms with Gasteiger partial charge in [0.2, 0.25) is 12.8 Å². The number of nitrogens with one attached hydrogen (secondary N) is 2. The van der Waals surface area contributed by atoms with E-state index >= 15 is 0 Å². The quantitative estimate of drug-likeness (QED) is 0.562. The number of carbonyl (C=O) groups is 2. The first-order valence-corrected chi connectivity index (χ1v) is 11.0. The van der Waals surface area contributed by atoms with Gasteiger partial charge >= 0.3 is 0 Å². The molecule has 2 amide bonds. The van der Waals surface area contributed by atoms with Crippen molar-refractivity contribution in [3.8, 4) is 11.1 Å². The van der Waals surface area contributed by atoms with Crippen LogP contribution in [0.4, 0.5) is 15.8 Å². The number of anilines is 2. The predicted molar refractivity (Wildman–Crippen MR) is 129 cm³/mol. The molecule has 0 bridgehead atoms. The van der Waals surface area contributed by atoms with Gasteiger partial charge in [-0.15, -0.1) is 0 Å². The third-order valence-corrected chi connectivity index (χ3v) is 5.29. The van der Waals surface area contributed by atoms with E-state index < -0.39 is 5.82 Å². The van der Waals surface area contributed by atoms with Crippen molar-refractivity contribution in [3.05, 3.63) is 41.4 Å². The molecule has 0 aliphatic carbocycles. The second-order valence-corrected chi connectivity index (χ2v) is 8.49. The highest BCUT2D eigenvalue weighted by molar-refractivity contribution is 6.31. The summed E-state index contributed by atoms with van der Waals surface area (Å²) in [5.41, 5.74) is 1.90. The van der Waals surface area contributed by atoms with Gasteiger partial charge in [-0.05, 0) is 39.0 Å². The average Bonchev–Trinajstić information content (AvgIpc) is 2.77. The van der Waals surface area contributed by atoms with E-state index in [1.54, 1.807) is 30.1 Å². The molecule has 2 aromatic rings. The maximum atomic E-state index is 13.8. The van der Waals surface area contributed by atoms with Gasteiger partial charge < -0.3 is 20.3 Å². The molecule has 2 N–H and O–H groups in total. The SMILES string of the molecule is CCN(C=O)CN1CCOC(C)(C)C1.CNc1c(NC=O)cc(Cl)cc1-c1ccncc1F.